The van der Waals surface area contributed by atoms with Gasteiger partial charge in [0.25, 0.3) is 0 Å². The first-order valence-corrected chi connectivity index (χ1v) is 5.22. The van der Waals surface area contributed by atoms with Crippen LogP contribution in [0.1, 0.15) is 32.6 Å². The molecule has 0 aromatic rings. The number of ether oxygens (including phenoxy) is 1. The molecule has 0 spiro atoms. The summed E-state index contributed by atoms with van der Waals surface area (Å²) in [6.07, 6.45) is 4.03. The van der Waals surface area contributed by atoms with Crippen LogP contribution in [0, 0.1) is 5.41 Å². The molecule has 5 heteroatoms. The lowest BCUT2D eigenvalue weighted by Crippen LogP contribution is -2.33. The van der Waals surface area contributed by atoms with Crippen LogP contribution in [0.4, 0.5) is 0 Å². The second kappa shape index (κ2) is 8.08. The maximum atomic E-state index is 10.4. The fourth-order valence-electron chi connectivity index (χ4n) is 1.14. The van der Waals surface area contributed by atoms with Crippen LogP contribution in [0.25, 0.3) is 0 Å². The van der Waals surface area contributed by atoms with Crippen LogP contribution in [0.15, 0.2) is 0 Å². The van der Waals surface area contributed by atoms with E-state index >= 15 is 0 Å². The van der Waals surface area contributed by atoms with Gasteiger partial charge in [-0.15, -0.1) is 0 Å². The standard InChI is InChI=1S/C10H21N3O2/c1-9(14)15-8-6-4-3-5-7-13(2)10(11)12/h3-8H2,1-2H3,(H3,11,12). The van der Waals surface area contributed by atoms with E-state index < -0.39 is 0 Å². The summed E-state index contributed by atoms with van der Waals surface area (Å²) in [5.74, 6) is -0.110. The van der Waals surface area contributed by atoms with Gasteiger partial charge in [-0.2, -0.15) is 0 Å². The van der Waals surface area contributed by atoms with Crippen molar-refractivity contribution in [3.05, 3.63) is 0 Å². The average Bonchev–Trinajstić information content (AvgIpc) is 2.15. The Labute approximate surface area is 91.1 Å². The van der Waals surface area contributed by atoms with Gasteiger partial charge >= 0.3 is 5.97 Å². The fraction of sp³-hybridized carbons (Fsp3) is 0.800. The van der Waals surface area contributed by atoms with Crippen LogP contribution in [0.5, 0.6) is 0 Å². The Morgan fingerprint density at radius 3 is 2.47 bits per heavy atom. The van der Waals surface area contributed by atoms with Gasteiger partial charge in [-0.3, -0.25) is 10.2 Å². The molecule has 0 saturated heterocycles. The van der Waals surface area contributed by atoms with Crippen molar-refractivity contribution in [1.82, 2.24) is 4.90 Å². The highest BCUT2D eigenvalue weighted by Gasteiger charge is 1.98. The van der Waals surface area contributed by atoms with E-state index in [2.05, 4.69) is 0 Å². The summed E-state index contributed by atoms with van der Waals surface area (Å²) in [4.78, 5) is 12.1. The molecule has 15 heavy (non-hydrogen) atoms. The molecule has 0 fully saturated rings. The highest BCUT2D eigenvalue weighted by atomic mass is 16.5. The summed E-state index contributed by atoms with van der Waals surface area (Å²) in [5, 5.41) is 7.14. The maximum absolute atomic E-state index is 10.4. The lowest BCUT2D eigenvalue weighted by atomic mass is 10.2. The molecule has 0 aliphatic carbocycles. The van der Waals surface area contributed by atoms with Gasteiger partial charge < -0.3 is 15.4 Å². The number of esters is 1. The molecule has 0 saturated carbocycles. The van der Waals surface area contributed by atoms with Crippen LogP contribution < -0.4 is 5.73 Å². The summed E-state index contributed by atoms with van der Waals surface area (Å²) < 4.78 is 4.80. The number of nitrogens with two attached hydrogens (primary N) is 1. The number of nitrogens with one attached hydrogen (secondary N) is 1. The Bertz CT molecular complexity index is 207. The lowest BCUT2D eigenvalue weighted by molar-refractivity contribution is -0.141. The van der Waals surface area contributed by atoms with Crippen LogP contribution >= 0.6 is 0 Å². The minimum Gasteiger partial charge on any atom is -0.466 e. The predicted octanol–water partition coefficient (Wildman–Crippen LogP) is 0.935. The second-order valence-electron chi connectivity index (χ2n) is 3.56. The van der Waals surface area contributed by atoms with E-state index in [0.717, 1.165) is 32.2 Å². The van der Waals surface area contributed by atoms with Gasteiger partial charge in [-0.1, -0.05) is 6.42 Å². The molecule has 0 heterocycles. The molecule has 0 amide bonds. The molecule has 0 rings (SSSR count). The summed E-state index contributed by atoms with van der Waals surface area (Å²) in [5.41, 5.74) is 5.28. The number of rotatable bonds is 7. The number of guanidine groups is 1. The maximum Gasteiger partial charge on any atom is 0.302 e. The summed E-state index contributed by atoms with van der Waals surface area (Å²) >= 11 is 0. The van der Waals surface area contributed by atoms with Crippen molar-refractivity contribution in [3.63, 3.8) is 0 Å². The van der Waals surface area contributed by atoms with Crippen LogP contribution in [-0.2, 0) is 9.53 Å². The molecule has 0 aromatic heterocycles. The number of unbranched alkanes of at least 4 members (excludes halogenated alkanes) is 3. The Kier molecular flexibility index (Phi) is 7.40. The smallest absolute Gasteiger partial charge is 0.302 e. The van der Waals surface area contributed by atoms with E-state index in [1.165, 1.54) is 6.92 Å². The van der Waals surface area contributed by atoms with E-state index in [4.69, 9.17) is 15.9 Å². The van der Waals surface area contributed by atoms with Crippen LogP contribution in [0.2, 0.25) is 0 Å². The predicted molar refractivity (Wildman–Crippen MR) is 59.6 cm³/mol. The molecule has 0 bridgehead atoms. The molecule has 0 unspecified atom stereocenters. The summed E-state index contributed by atoms with van der Waals surface area (Å²) in [7, 11) is 1.81. The van der Waals surface area contributed by atoms with Crippen LogP contribution in [-0.4, -0.2) is 37.0 Å². The number of carbonyl (C=O) groups excluding carboxylic acids is 1. The first kappa shape index (κ1) is 13.7. The number of carbonyl (C=O) groups is 1. The minimum atomic E-state index is -0.216. The molecular weight excluding hydrogens is 194 g/mol. The molecule has 0 aromatic carbocycles. The first-order chi connectivity index (χ1) is 7.04. The average molecular weight is 215 g/mol. The number of nitrogens with zero attached hydrogens (tertiary/aromatic N) is 1. The fourth-order valence-corrected chi connectivity index (χ4v) is 1.14. The van der Waals surface area contributed by atoms with Gasteiger partial charge in [-0.05, 0) is 19.3 Å². The van der Waals surface area contributed by atoms with Gasteiger partial charge in [0.15, 0.2) is 5.96 Å². The topological polar surface area (TPSA) is 79.4 Å². The van der Waals surface area contributed by atoms with Crippen molar-refractivity contribution in [2.24, 2.45) is 5.73 Å². The van der Waals surface area contributed by atoms with Crippen molar-refractivity contribution >= 4 is 11.9 Å². The Morgan fingerprint density at radius 2 is 1.93 bits per heavy atom. The minimum absolute atomic E-state index is 0.106. The van der Waals surface area contributed by atoms with E-state index in [-0.39, 0.29) is 11.9 Å². The Hall–Kier alpha value is -1.26. The molecule has 0 aliphatic rings. The van der Waals surface area contributed by atoms with E-state index in [1.54, 1.807) is 11.9 Å². The SMILES string of the molecule is CC(=O)OCCCCCCN(C)C(=N)N. The molecule has 3 N–H and O–H groups in total. The number of hydrogen-bond acceptors (Lipinski definition) is 3. The van der Waals surface area contributed by atoms with Crippen molar-refractivity contribution in [3.8, 4) is 0 Å². The van der Waals surface area contributed by atoms with Crippen molar-refractivity contribution in [2.45, 2.75) is 32.6 Å². The number of hydrogen-bond donors (Lipinski definition) is 2. The lowest BCUT2D eigenvalue weighted by Gasteiger charge is -2.15. The largest absolute Gasteiger partial charge is 0.466 e. The molecule has 0 radical (unpaired) electrons. The zero-order chi connectivity index (χ0) is 11.7. The van der Waals surface area contributed by atoms with Gasteiger partial charge in [0.1, 0.15) is 0 Å². The van der Waals surface area contributed by atoms with Gasteiger partial charge in [-0.25, -0.2) is 0 Å². The van der Waals surface area contributed by atoms with E-state index in [9.17, 15) is 4.79 Å². The Balaban J connectivity index is 3.18. The normalized spacial score (nSPS) is 9.73. The van der Waals surface area contributed by atoms with E-state index in [1.807, 2.05) is 0 Å². The molecular formula is C10H21N3O2. The Morgan fingerprint density at radius 1 is 1.33 bits per heavy atom. The third-order valence-corrected chi connectivity index (χ3v) is 2.10. The van der Waals surface area contributed by atoms with E-state index in [0.29, 0.717) is 6.61 Å². The third-order valence-electron chi connectivity index (χ3n) is 2.10. The zero-order valence-corrected chi connectivity index (χ0v) is 9.58. The zero-order valence-electron chi connectivity index (χ0n) is 9.58. The monoisotopic (exact) mass is 215 g/mol. The van der Waals surface area contributed by atoms with Gasteiger partial charge in [0, 0.05) is 20.5 Å². The van der Waals surface area contributed by atoms with Crippen molar-refractivity contribution < 1.29 is 9.53 Å². The third kappa shape index (κ3) is 9.05. The molecule has 0 atom stereocenters. The highest BCUT2D eigenvalue weighted by Crippen LogP contribution is 2.01. The first-order valence-electron chi connectivity index (χ1n) is 5.22. The molecule has 88 valence electrons. The summed E-state index contributed by atoms with van der Waals surface area (Å²) in [6, 6.07) is 0. The quantitative estimate of drug-likeness (QED) is 0.286. The summed E-state index contributed by atoms with van der Waals surface area (Å²) in [6.45, 7) is 2.74. The van der Waals surface area contributed by atoms with Crippen LogP contribution in [0.3, 0.4) is 0 Å². The second-order valence-corrected chi connectivity index (χ2v) is 3.56. The molecule has 0 aliphatic heterocycles. The van der Waals surface area contributed by atoms with Gasteiger partial charge in [0.2, 0.25) is 0 Å². The van der Waals surface area contributed by atoms with Gasteiger partial charge in [0.05, 0.1) is 6.61 Å². The highest BCUT2D eigenvalue weighted by molar-refractivity contribution is 5.74. The molecule has 5 nitrogen and oxygen atoms in total. The van der Waals surface area contributed by atoms with Crippen molar-refractivity contribution in [1.29, 1.82) is 5.41 Å². The van der Waals surface area contributed by atoms with Crippen molar-refractivity contribution in [2.75, 3.05) is 20.2 Å².